The zero-order chi connectivity index (χ0) is 14.1. The quantitative estimate of drug-likeness (QED) is 0.812. The van der Waals surface area contributed by atoms with E-state index in [0.29, 0.717) is 16.4 Å². The third-order valence-corrected chi connectivity index (χ3v) is 4.89. The highest BCUT2D eigenvalue weighted by atomic mass is 79.9. The van der Waals surface area contributed by atoms with Crippen LogP contribution in [-0.4, -0.2) is 10.9 Å². The number of nitrogens with two attached hydrogens (primary N) is 1. The van der Waals surface area contributed by atoms with Gasteiger partial charge in [-0.25, -0.2) is 4.98 Å². The van der Waals surface area contributed by atoms with Gasteiger partial charge in [0.2, 0.25) is 0 Å². The normalized spacial score (nSPS) is 13.8. The molecule has 0 spiro atoms. The van der Waals surface area contributed by atoms with Crippen molar-refractivity contribution in [2.45, 2.75) is 25.7 Å². The molecule has 0 bridgehead atoms. The molecule has 0 aliphatic heterocycles. The number of amides is 1. The predicted octanol–water partition coefficient (Wildman–Crippen LogP) is 3.62. The van der Waals surface area contributed by atoms with Crippen molar-refractivity contribution in [1.82, 2.24) is 4.98 Å². The molecule has 1 aliphatic carbocycles. The van der Waals surface area contributed by atoms with Crippen LogP contribution in [0.3, 0.4) is 0 Å². The van der Waals surface area contributed by atoms with Crippen LogP contribution in [-0.2, 0) is 12.8 Å². The van der Waals surface area contributed by atoms with Crippen molar-refractivity contribution < 1.29 is 4.79 Å². The first-order valence-corrected chi connectivity index (χ1v) is 8.09. The lowest BCUT2D eigenvalue weighted by Crippen LogP contribution is -2.14. The molecule has 104 valence electrons. The number of nitrogen functional groups attached to an aromatic ring is 1. The van der Waals surface area contributed by atoms with E-state index in [0.717, 1.165) is 23.0 Å². The van der Waals surface area contributed by atoms with E-state index in [1.54, 1.807) is 23.5 Å². The standard InChI is InChI=1S/C14H14BrN3OS/c15-8-5-6-10(16)9(7-8)13(19)18-14-17-11-3-1-2-4-12(11)20-14/h5-7H,1-4,16H2,(H,17,18,19). The van der Waals surface area contributed by atoms with Gasteiger partial charge in [-0.05, 0) is 43.9 Å². The molecular weight excluding hydrogens is 338 g/mol. The Morgan fingerprint density at radius 1 is 1.35 bits per heavy atom. The number of fused-ring (bicyclic) bond motifs is 1. The van der Waals surface area contributed by atoms with Gasteiger partial charge in [-0.2, -0.15) is 0 Å². The molecule has 1 heterocycles. The number of hydrogen-bond donors (Lipinski definition) is 2. The summed E-state index contributed by atoms with van der Waals surface area (Å²) in [6.45, 7) is 0. The van der Waals surface area contributed by atoms with Gasteiger partial charge in [0.05, 0.1) is 11.3 Å². The van der Waals surface area contributed by atoms with Crippen molar-refractivity contribution in [2.75, 3.05) is 11.1 Å². The number of thiazole rings is 1. The summed E-state index contributed by atoms with van der Waals surface area (Å²) in [7, 11) is 0. The topological polar surface area (TPSA) is 68.0 Å². The van der Waals surface area contributed by atoms with Crippen LogP contribution in [0.1, 0.15) is 33.8 Å². The Hall–Kier alpha value is -1.40. The van der Waals surface area contributed by atoms with Gasteiger partial charge in [-0.1, -0.05) is 15.9 Å². The van der Waals surface area contributed by atoms with Gasteiger partial charge in [0, 0.05) is 15.0 Å². The molecule has 0 unspecified atom stereocenters. The Labute approximate surface area is 129 Å². The monoisotopic (exact) mass is 351 g/mol. The molecule has 3 rings (SSSR count). The molecule has 0 radical (unpaired) electrons. The predicted molar refractivity (Wildman–Crippen MR) is 85.3 cm³/mol. The van der Waals surface area contributed by atoms with Crippen LogP contribution < -0.4 is 11.1 Å². The Kier molecular flexibility index (Phi) is 3.76. The molecule has 1 aliphatic rings. The molecule has 0 saturated carbocycles. The van der Waals surface area contributed by atoms with Crippen molar-refractivity contribution in [1.29, 1.82) is 0 Å². The number of aryl methyl sites for hydroxylation is 2. The molecule has 2 aromatic rings. The fourth-order valence-corrected chi connectivity index (χ4v) is 3.70. The number of hydrogen-bond acceptors (Lipinski definition) is 4. The summed E-state index contributed by atoms with van der Waals surface area (Å²) in [6.07, 6.45) is 4.48. The largest absolute Gasteiger partial charge is 0.398 e. The number of rotatable bonds is 2. The Morgan fingerprint density at radius 3 is 2.95 bits per heavy atom. The van der Waals surface area contributed by atoms with Gasteiger partial charge in [-0.3, -0.25) is 10.1 Å². The van der Waals surface area contributed by atoms with Crippen LogP contribution in [0.25, 0.3) is 0 Å². The molecule has 6 heteroatoms. The van der Waals surface area contributed by atoms with E-state index >= 15 is 0 Å². The molecule has 0 fully saturated rings. The summed E-state index contributed by atoms with van der Waals surface area (Å²) in [5.74, 6) is -0.213. The van der Waals surface area contributed by atoms with Crippen LogP contribution in [0.4, 0.5) is 10.8 Å². The average molecular weight is 352 g/mol. The zero-order valence-corrected chi connectivity index (χ0v) is 13.2. The minimum Gasteiger partial charge on any atom is -0.398 e. The Morgan fingerprint density at radius 2 is 2.15 bits per heavy atom. The third-order valence-electron chi connectivity index (χ3n) is 3.33. The SMILES string of the molecule is Nc1ccc(Br)cc1C(=O)Nc1nc2c(s1)CCCC2. The molecule has 1 aromatic carbocycles. The number of anilines is 2. The van der Waals surface area contributed by atoms with Crippen LogP contribution in [0.2, 0.25) is 0 Å². The zero-order valence-electron chi connectivity index (χ0n) is 10.8. The Bertz CT molecular complexity index is 645. The molecule has 1 aromatic heterocycles. The van der Waals surface area contributed by atoms with Gasteiger partial charge in [-0.15, -0.1) is 11.3 Å². The highest BCUT2D eigenvalue weighted by molar-refractivity contribution is 9.10. The number of halogens is 1. The first-order valence-electron chi connectivity index (χ1n) is 6.48. The van der Waals surface area contributed by atoms with E-state index < -0.39 is 0 Å². The minimum atomic E-state index is -0.213. The fraction of sp³-hybridized carbons (Fsp3) is 0.286. The fourth-order valence-electron chi connectivity index (χ4n) is 2.30. The van der Waals surface area contributed by atoms with Gasteiger partial charge < -0.3 is 5.73 Å². The molecule has 3 N–H and O–H groups in total. The number of carbonyl (C=O) groups is 1. The number of nitrogens with zero attached hydrogens (tertiary/aromatic N) is 1. The molecule has 1 amide bonds. The molecule has 20 heavy (non-hydrogen) atoms. The smallest absolute Gasteiger partial charge is 0.259 e. The van der Waals surface area contributed by atoms with E-state index in [4.69, 9.17) is 5.73 Å². The maximum atomic E-state index is 12.3. The molecular formula is C14H14BrN3OS. The number of aromatic nitrogens is 1. The van der Waals surface area contributed by atoms with E-state index in [2.05, 4.69) is 26.2 Å². The van der Waals surface area contributed by atoms with Gasteiger partial charge in [0.25, 0.3) is 5.91 Å². The molecule has 0 atom stereocenters. The number of carbonyl (C=O) groups excluding carboxylic acids is 1. The highest BCUT2D eigenvalue weighted by Gasteiger charge is 2.17. The lowest BCUT2D eigenvalue weighted by Gasteiger charge is -2.06. The lowest BCUT2D eigenvalue weighted by molar-refractivity contribution is 0.102. The van der Waals surface area contributed by atoms with Crippen LogP contribution >= 0.6 is 27.3 Å². The van der Waals surface area contributed by atoms with E-state index in [1.165, 1.54) is 17.7 Å². The Balaban J connectivity index is 1.82. The van der Waals surface area contributed by atoms with E-state index in [1.807, 2.05) is 6.07 Å². The molecule has 4 nitrogen and oxygen atoms in total. The number of nitrogens with one attached hydrogen (secondary N) is 1. The summed E-state index contributed by atoms with van der Waals surface area (Å²) in [5, 5.41) is 3.52. The van der Waals surface area contributed by atoms with Gasteiger partial charge >= 0.3 is 0 Å². The van der Waals surface area contributed by atoms with Crippen molar-refractivity contribution in [3.63, 3.8) is 0 Å². The maximum Gasteiger partial charge on any atom is 0.259 e. The van der Waals surface area contributed by atoms with Crippen molar-refractivity contribution >= 4 is 44.0 Å². The summed E-state index contributed by atoms with van der Waals surface area (Å²) >= 11 is 4.92. The highest BCUT2D eigenvalue weighted by Crippen LogP contribution is 2.30. The van der Waals surface area contributed by atoms with Crippen molar-refractivity contribution in [3.05, 3.63) is 38.8 Å². The lowest BCUT2D eigenvalue weighted by atomic mass is 10.0. The first-order chi connectivity index (χ1) is 9.63. The second-order valence-corrected chi connectivity index (χ2v) is 6.78. The van der Waals surface area contributed by atoms with E-state index in [9.17, 15) is 4.79 Å². The second kappa shape index (κ2) is 5.54. The summed E-state index contributed by atoms with van der Waals surface area (Å²) in [4.78, 5) is 18.1. The first kappa shape index (κ1) is 13.6. The summed E-state index contributed by atoms with van der Waals surface area (Å²) < 4.78 is 0.829. The van der Waals surface area contributed by atoms with Crippen LogP contribution in [0.5, 0.6) is 0 Å². The van der Waals surface area contributed by atoms with Gasteiger partial charge in [0.15, 0.2) is 5.13 Å². The van der Waals surface area contributed by atoms with Crippen molar-refractivity contribution in [2.24, 2.45) is 0 Å². The second-order valence-electron chi connectivity index (χ2n) is 4.78. The summed E-state index contributed by atoms with van der Waals surface area (Å²) in [6, 6.07) is 5.25. The number of benzene rings is 1. The third kappa shape index (κ3) is 2.71. The maximum absolute atomic E-state index is 12.3. The average Bonchev–Trinajstić information content (AvgIpc) is 2.83. The molecule has 0 saturated heterocycles. The van der Waals surface area contributed by atoms with Crippen LogP contribution in [0, 0.1) is 0 Å². The van der Waals surface area contributed by atoms with Crippen molar-refractivity contribution in [3.8, 4) is 0 Å². The summed E-state index contributed by atoms with van der Waals surface area (Å²) in [5.41, 5.74) is 7.91. The van der Waals surface area contributed by atoms with E-state index in [-0.39, 0.29) is 5.91 Å². The minimum absolute atomic E-state index is 0.213. The van der Waals surface area contributed by atoms with Crippen LogP contribution in [0.15, 0.2) is 22.7 Å². The van der Waals surface area contributed by atoms with Gasteiger partial charge in [0.1, 0.15) is 0 Å².